The smallest absolute Gasteiger partial charge is 0.422 e. The summed E-state index contributed by atoms with van der Waals surface area (Å²) >= 11 is 0. The third-order valence-corrected chi connectivity index (χ3v) is 2.59. The first-order valence-electron chi connectivity index (χ1n) is 6.73. The zero-order valence-corrected chi connectivity index (χ0v) is 11.9. The Kier molecular flexibility index (Phi) is 6.84. The lowest BCUT2D eigenvalue weighted by atomic mass is 10.2. The van der Waals surface area contributed by atoms with Crippen LogP contribution in [0.25, 0.3) is 0 Å². The quantitative estimate of drug-likeness (QED) is 0.462. The molecule has 118 valence electrons. The normalized spacial score (nSPS) is 12.3. The molecule has 21 heavy (non-hydrogen) atoms. The molecule has 0 spiro atoms. The Labute approximate surface area is 122 Å². The van der Waals surface area contributed by atoms with Crippen molar-refractivity contribution in [2.24, 2.45) is 10.7 Å². The lowest BCUT2D eigenvalue weighted by Crippen LogP contribution is -2.32. The predicted octanol–water partition coefficient (Wildman–Crippen LogP) is 2.83. The summed E-state index contributed by atoms with van der Waals surface area (Å²) in [5, 5.41) is 2.98. The van der Waals surface area contributed by atoms with E-state index in [4.69, 9.17) is 5.73 Å². The molecule has 0 saturated heterocycles. The fourth-order valence-electron chi connectivity index (χ4n) is 1.48. The molecule has 0 unspecified atom stereocenters. The molecule has 1 rings (SSSR count). The summed E-state index contributed by atoms with van der Waals surface area (Å²) in [6.45, 7) is 1.93. The standard InChI is InChI=1S/C14H20F3N3O/c1-2-3-8-19-13(18)20-9-11-4-6-12(7-5-11)21-10-14(15,16)17/h4-7H,2-3,8-10H2,1H3,(H3,18,19,20). The molecule has 0 heterocycles. The first-order valence-corrected chi connectivity index (χ1v) is 6.73. The molecule has 4 nitrogen and oxygen atoms in total. The van der Waals surface area contributed by atoms with Crippen molar-refractivity contribution in [3.63, 3.8) is 0 Å². The number of unbranched alkanes of at least 4 members (excludes halogenated alkanes) is 1. The van der Waals surface area contributed by atoms with Gasteiger partial charge in [0.2, 0.25) is 0 Å². The number of aliphatic imine (C=N–C) groups is 1. The molecule has 3 N–H and O–H groups in total. The van der Waals surface area contributed by atoms with Gasteiger partial charge in [-0.3, -0.25) is 0 Å². The SMILES string of the molecule is CCCCNC(N)=NCc1ccc(OCC(F)(F)F)cc1. The van der Waals surface area contributed by atoms with Gasteiger partial charge in [0.05, 0.1) is 6.54 Å². The Morgan fingerprint density at radius 1 is 1.29 bits per heavy atom. The number of ether oxygens (including phenoxy) is 1. The third kappa shape index (κ3) is 8.06. The van der Waals surface area contributed by atoms with Crippen molar-refractivity contribution in [2.45, 2.75) is 32.5 Å². The van der Waals surface area contributed by atoms with Gasteiger partial charge in [0.15, 0.2) is 12.6 Å². The van der Waals surface area contributed by atoms with E-state index in [0.29, 0.717) is 12.5 Å². The van der Waals surface area contributed by atoms with Crippen molar-refractivity contribution < 1.29 is 17.9 Å². The van der Waals surface area contributed by atoms with E-state index in [0.717, 1.165) is 24.9 Å². The Morgan fingerprint density at radius 2 is 1.95 bits per heavy atom. The highest BCUT2D eigenvalue weighted by atomic mass is 19.4. The summed E-state index contributed by atoms with van der Waals surface area (Å²) in [7, 11) is 0. The van der Waals surface area contributed by atoms with E-state index < -0.39 is 12.8 Å². The largest absolute Gasteiger partial charge is 0.484 e. The zero-order chi connectivity index (χ0) is 15.7. The van der Waals surface area contributed by atoms with Gasteiger partial charge in [-0.25, -0.2) is 4.99 Å². The number of hydrogen-bond acceptors (Lipinski definition) is 2. The van der Waals surface area contributed by atoms with E-state index in [1.54, 1.807) is 12.1 Å². The third-order valence-electron chi connectivity index (χ3n) is 2.59. The molecule has 0 amide bonds. The van der Waals surface area contributed by atoms with Crippen LogP contribution < -0.4 is 15.8 Å². The van der Waals surface area contributed by atoms with E-state index in [2.05, 4.69) is 22.0 Å². The number of alkyl halides is 3. The van der Waals surface area contributed by atoms with Crippen LogP contribution in [0, 0.1) is 0 Å². The summed E-state index contributed by atoms with van der Waals surface area (Å²) in [6.07, 6.45) is -2.25. The molecule has 1 aromatic carbocycles. The number of halogens is 3. The van der Waals surface area contributed by atoms with Gasteiger partial charge in [0.25, 0.3) is 0 Å². The molecule has 0 aliphatic rings. The van der Waals surface area contributed by atoms with Crippen LogP contribution >= 0.6 is 0 Å². The fraction of sp³-hybridized carbons (Fsp3) is 0.500. The molecule has 0 fully saturated rings. The highest BCUT2D eigenvalue weighted by Gasteiger charge is 2.28. The summed E-state index contributed by atoms with van der Waals surface area (Å²) in [5.41, 5.74) is 6.52. The monoisotopic (exact) mass is 303 g/mol. The molecule has 0 radical (unpaired) electrons. The Hall–Kier alpha value is -1.92. The summed E-state index contributed by atoms with van der Waals surface area (Å²) in [6, 6.07) is 6.29. The van der Waals surface area contributed by atoms with Gasteiger partial charge in [0, 0.05) is 6.54 Å². The summed E-state index contributed by atoms with van der Waals surface area (Å²) in [4.78, 5) is 4.14. The van der Waals surface area contributed by atoms with Crippen LogP contribution in [0.1, 0.15) is 25.3 Å². The molecule has 0 aromatic heterocycles. The van der Waals surface area contributed by atoms with Crippen molar-refractivity contribution in [1.82, 2.24) is 5.32 Å². The average molecular weight is 303 g/mol. The van der Waals surface area contributed by atoms with E-state index in [1.807, 2.05) is 0 Å². The lowest BCUT2D eigenvalue weighted by Gasteiger charge is -2.09. The van der Waals surface area contributed by atoms with Gasteiger partial charge in [-0.05, 0) is 24.1 Å². The number of benzene rings is 1. The molecule has 0 aliphatic carbocycles. The van der Waals surface area contributed by atoms with Crippen LogP contribution in [0.2, 0.25) is 0 Å². The fourth-order valence-corrected chi connectivity index (χ4v) is 1.48. The second kappa shape index (κ2) is 8.39. The van der Waals surface area contributed by atoms with Crippen LogP contribution in [0.15, 0.2) is 29.3 Å². The van der Waals surface area contributed by atoms with Crippen molar-refractivity contribution >= 4 is 5.96 Å². The Bertz CT molecular complexity index is 444. The van der Waals surface area contributed by atoms with Gasteiger partial charge in [-0.15, -0.1) is 0 Å². The maximum atomic E-state index is 12.0. The van der Waals surface area contributed by atoms with Crippen LogP contribution in [0.4, 0.5) is 13.2 Å². The van der Waals surface area contributed by atoms with Gasteiger partial charge in [0.1, 0.15) is 5.75 Å². The summed E-state index contributed by atoms with van der Waals surface area (Å²) < 4.78 is 40.6. The predicted molar refractivity (Wildman–Crippen MR) is 76.2 cm³/mol. The van der Waals surface area contributed by atoms with Crippen LogP contribution in [-0.4, -0.2) is 25.3 Å². The summed E-state index contributed by atoms with van der Waals surface area (Å²) in [5.74, 6) is 0.537. The van der Waals surface area contributed by atoms with Crippen molar-refractivity contribution in [3.8, 4) is 5.75 Å². The van der Waals surface area contributed by atoms with Crippen molar-refractivity contribution in [2.75, 3.05) is 13.2 Å². The average Bonchev–Trinajstić information content (AvgIpc) is 2.43. The highest BCUT2D eigenvalue weighted by molar-refractivity contribution is 5.77. The molecule has 0 atom stereocenters. The molecule has 0 bridgehead atoms. The Morgan fingerprint density at radius 3 is 2.52 bits per heavy atom. The number of nitrogens with zero attached hydrogens (tertiary/aromatic N) is 1. The van der Waals surface area contributed by atoms with E-state index >= 15 is 0 Å². The van der Waals surface area contributed by atoms with E-state index in [1.165, 1.54) is 12.1 Å². The molecular weight excluding hydrogens is 283 g/mol. The van der Waals surface area contributed by atoms with E-state index in [9.17, 15) is 13.2 Å². The molecule has 1 aromatic rings. The molecule has 0 saturated carbocycles. The van der Waals surface area contributed by atoms with Crippen LogP contribution in [0.5, 0.6) is 5.75 Å². The topological polar surface area (TPSA) is 59.6 Å². The first-order chi connectivity index (χ1) is 9.90. The minimum Gasteiger partial charge on any atom is -0.484 e. The number of rotatable bonds is 7. The minimum absolute atomic E-state index is 0.175. The van der Waals surface area contributed by atoms with Crippen LogP contribution in [0.3, 0.4) is 0 Å². The van der Waals surface area contributed by atoms with Crippen molar-refractivity contribution in [3.05, 3.63) is 29.8 Å². The number of nitrogens with one attached hydrogen (secondary N) is 1. The van der Waals surface area contributed by atoms with Crippen LogP contribution in [-0.2, 0) is 6.54 Å². The second-order valence-electron chi connectivity index (χ2n) is 4.53. The molecule has 0 aliphatic heterocycles. The maximum Gasteiger partial charge on any atom is 0.422 e. The number of nitrogens with two attached hydrogens (primary N) is 1. The highest BCUT2D eigenvalue weighted by Crippen LogP contribution is 2.18. The van der Waals surface area contributed by atoms with Gasteiger partial charge < -0.3 is 15.8 Å². The van der Waals surface area contributed by atoms with Gasteiger partial charge in [-0.1, -0.05) is 25.5 Å². The number of guanidine groups is 1. The van der Waals surface area contributed by atoms with Gasteiger partial charge in [-0.2, -0.15) is 13.2 Å². The zero-order valence-electron chi connectivity index (χ0n) is 11.9. The maximum absolute atomic E-state index is 12.0. The Balaban J connectivity index is 2.42. The lowest BCUT2D eigenvalue weighted by molar-refractivity contribution is -0.153. The second-order valence-corrected chi connectivity index (χ2v) is 4.53. The molecule has 7 heteroatoms. The number of hydrogen-bond donors (Lipinski definition) is 2. The van der Waals surface area contributed by atoms with E-state index in [-0.39, 0.29) is 5.75 Å². The molecular formula is C14H20F3N3O. The minimum atomic E-state index is -4.33. The first kappa shape index (κ1) is 17.1. The van der Waals surface area contributed by atoms with Gasteiger partial charge >= 0.3 is 6.18 Å². The van der Waals surface area contributed by atoms with Crippen molar-refractivity contribution in [1.29, 1.82) is 0 Å².